The lowest BCUT2D eigenvalue weighted by Gasteiger charge is -2.12. The normalized spacial score (nSPS) is 13.0. The van der Waals surface area contributed by atoms with E-state index in [0.717, 1.165) is 110 Å². The number of ether oxygens (including phenoxy) is 3. The molecule has 0 aromatic rings. The fraction of sp³-hybridized carbons (Fsp3) is 1.00. The molecular formula is C23H52N2O7Si. The van der Waals surface area contributed by atoms with Crippen molar-refractivity contribution in [3.63, 3.8) is 0 Å². The standard InChI is InChI=1S/C23H52N2O7Si/c24-13-4-8-17-31-19-10-6-15-25-14-5-9-18-30-16-7-2-1-3-12-23(26)22-32-20-11-21-33(27,28)29/h23,25-29H,1-22,24H2. The zero-order valence-electron chi connectivity index (χ0n) is 20.7. The van der Waals surface area contributed by atoms with Crippen molar-refractivity contribution in [2.45, 2.75) is 89.2 Å². The van der Waals surface area contributed by atoms with Crippen LogP contribution in [-0.2, 0) is 14.2 Å². The summed E-state index contributed by atoms with van der Waals surface area (Å²) >= 11 is 0. The minimum atomic E-state index is -3.96. The van der Waals surface area contributed by atoms with Crippen LogP contribution in [0.25, 0.3) is 0 Å². The molecule has 0 aliphatic rings. The second kappa shape index (κ2) is 25.0. The van der Waals surface area contributed by atoms with Crippen LogP contribution in [0.1, 0.15) is 77.0 Å². The van der Waals surface area contributed by atoms with Crippen molar-refractivity contribution < 1.29 is 33.7 Å². The van der Waals surface area contributed by atoms with Crippen LogP contribution in [0.15, 0.2) is 0 Å². The minimum Gasteiger partial charge on any atom is -0.391 e. The summed E-state index contributed by atoms with van der Waals surface area (Å²) in [5, 5.41) is 13.3. The summed E-state index contributed by atoms with van der Waals surface area (Å²) < 4.78 is 16.5. The number of hydrogen-bond acceptors (Lipinski definition) is 9. The average molecular weight is 497 g/mol. The molecule has 0 radical (unpaired) electrons. The van der Waals surface area contributed by atoms with Crippen LogP contribution in [0.4, 0.5) is 0 Å². The Hall–Kier alpha value is -0.143. The Balaban J connectivity index is 3.14. The molecule has 0 aromatic carbocycles. The zero-order valence-corrected chi connectivity index (χ0v) is 21.7. The molecule has 0 amide bonds. The van der Waals surface area contributed by atoms with Gasteiger partial charge in [0, 0.05) is 39.1 Å². The highest BCUT2D eigenvalue weighted by Crippen LogP contribution is 2.08. The van der Waals surface area contributed by atoms with Crippen molar-refractivity contribution in [2.75, 3.05) is 59.3 Å². The van der Waals surface area contributed by atoms with E-state index >= 15 is 0 Å². The van der Waals surface area contributed by atoms with Gasteiger partial charge in [-0.3, -0.25) is 0 Å². The van der Waals surface area contributed by atoms with Gasteiger partial charge >= 0.3 is 8.80 Å². The molecule has 1 unspecified atom stereocenters. The molecule has 200 valence electrons. The van der Waals surface area contributed by atoms with Gasteiger partial charge in [0.2, 0.25) is 0 Å². The summed E-state index contributed by atoms with van der Waals surface area (Å²) in [6, 6.07) is -0.0327. The molecule has 0 aliphatic heterocycles. The van der Waals surface area contributed by atoms with E-state index in [2.05, 4.69) is 5.32 Å². The summed E-state index contributed by atoms with van der Waals surface area (Å²) in [6.45, 7) is 6.70. The highest BCUT2D eigenvalue weighted by Gasteiger charge is 2.25. The molecule has 0 aliphatic carbocycles. The summed E-state index contributed by atoms with van der Waals surface area (Å²) in [5.74, 6) is 0. The lowest BCUT2D eigenvalue weighted by atomic mass is 10.1. The Morgan fingerprint density at radius 3 is 1.73 bits per heavy atom. The maximum atomic E-state index is 9.86. The Kier molecular flexibility index (Phi) is 24.9. The maximum absolute atomic E-state index is 9.86. The monoisotopic (exact) mass is 496 g/mol. The van der Waals surface area contributed by atoms with Crippen molar-refractivity contribution in [1.29, 1.82) is 0 Å². The number of aliphatic hydroxyl groups is 1. The smallest absolute Gasteiger partial charge is 0.391 e. The first-order chi connectivity index (χ1) is 16.0. The molecule has 0 heterocycles. The second-order valence-electron chi connectivity index (χ2n) is 8.69. The van der Waals surface area contributed by atoms with E-state index in [-0.39, 0.29) is 12.7 Å². The molecule has 0 fully saturated rings. The van der Waals surface area contributed by atoms with Gasteiger partial charge in [0.1, 0.15) is 0 Å². The molecule has 1 atom stereocenters. The Morgan fingerprint density at radius 1 is 0.636 bits per heavy atom. The topological polar surface area (TPSA) is 147 Å². The second-order valence-corrected chi connectivity index (χ2v) is 10.7. The quantitative estimate of drug-likeness (QED) is 0.0736. The van der Waals surface area contributed by atoms with Crippen LogP contribution in [-0.4, -0.2) is 93.7 Å². The largest absolute Gasteiger partial charge is 0.492 e. The van der Waals surface area contributed by atoms with Crippen LogP contribution in [0.5, 0.6) is 0 Å². The predicted molar refractivity (Wildman–Crippen MR) is 133 cm³/mol. The third kappa shape index (κ3) is 29.8. The predicted octanol–water partition coefficient (Wildman–Crippen LogP) is 1.54. The Morgan fingerprint density at radius 2 is 1.15 bits per heavy atom. The van der Waals surface area contributed by atoms with Gasteiger partial charge in [-0.15, -0.1) is 0 Å². The fourth-order valence-electron chi connectivity index (χ4n) is 3.24. The summed E-state index contributed by atoms with van der Waals surface area (Å²) in [7, 11) is -3.96. The minimum absolute atomic E-state index is 0.0327. The van der Waals surface area contributed by atoms with E-state index in [4.69, 9.17) is 34.3 Å². The van der Waals surface area contributed by atoms with Crippen LogP contribution in [0.2, 0.25) is 6.04 Å². The van der Waals surface area contributed by atoms with Crippen LogP contribution in [0.3, 0.4) is 0 Å². The summed E-state index contributed by atoms with van der Waals surface area (Å²) in [5.41, 5.74) is 5.44. The van der Waals surface area contributed by atoms with Gasteiger partial charge in [-0.1, -0.05) is 19.3 Å². The van der Waals surface area contributed by atoms with Crippen LogP contribution < -0.4 is 11.1 Å². The molecule has 0 saturated carbocycles. The lowest BCUT2D eigenvalue weighted by molar-refractivity contribution is 0.0305. The Labute approximate surface area is 202 Å². The SMILES string of the molecule is NCCCCOCCCCNCCCCOCCCCCCC(O)COCCC[Si](O)(O)O. The molecular weight excluding hydrogens is 444 g/mol. The molecule has 0 spiro atoms. The maximum Gasteiger partial charge on any atom is 0.492 e. The van der Waals surface area contributed by atoms with Crippen molar-refractivity contribution in [3.8, 4) is 0 Å². The average Bonchev–Trinajstić information content (AvgIpc) is 2.76. The molecule has 0 aromatic heterocycles. The summed E-state index contributed by atoms with van der Waals surface area (Å²) in [4.78, 5) is 26.7. The number of unbranched alkanes of at least 4 members (excludes halogenated alkanes) is 6. The first kappa shape index (κ1) is 32.9. The number of nitrogens with one attached hydrogen (secondary N) is 1. The third-order valence-corrected chi connectivity index (χ3v) is 6.24. The molecule has 0 bridgehead atoms. The molecule has 7 N–H and O–H groups in total. The zero-order chi connectivity index (χ0) is 24.5. The van der Waals surface area contributed by atoms with Gasteiger partial charge in [-0.25, -0.2) is 0 Å². The highest BCUT2D eigenvalue weighted by atomic mass is 28.4. The van der Waals surface area contributed by atoms with Crippen molar-refractivity contribution in [2.24, 2.45) is 5.73 Å². The van der Waals surface area contributed by atoms with E-state index in [0.29, 0.717) is 19.4 Å². The van der Waals surface area contributed by atoms with Crippen molar-refractivity contribution >= 4 is 8.80 Å². The third-order valence-electron chi connectivity index (χ3n) is 5.21. The van der Waals surface area contributed by atoms with Crippen LogP contribution in [0, 0.1) is 0 Å². The van der Waals surface area contributed by atoms with Crippen LogP contribution >= 0.6 is 0 Å². The molecule has 0 rings (SSSR count). The number of aliphatic hydroxyl groups excluding tert-OH is 1. The summed E-state index contributed by atoms with van der Waals surface area (Å²) in [6.07, 6.45) is 11.4. The van der Waals surface area contributed by atoms with E-state index in [9.17, 15) is 5.11 Å². The van der Waals surface area contributed by atoms with Crippen molar-refractivity contribution in [3.05, 3.63) is 0 Å². The van der Waals surface area contributed by atoms with Crippen molar-refractivity contribution in [1.82, 2.24) is 5.32 Å². The number of nitrogens with two attached hydrogens (primary N) is 1. The van der Waals surface area contributed by atoms with E-state index < -0.39 is 14.9 Å². The van der Waals surface area contributed by atoms with Gasteiger partial charge in [0.05, 0.1) is 12.7 Å². The molecule has 10 heteroatoms. The first-order valence-electron chi connectivity index (χ1n) is 12.9. The van der Waals surface area contributed by atoms with E-state index in [1.807, 2.05) is 0 Å². The van der Waals surface area contributed by atoms with Gasteiger partial charge < -0.3 is 44.8 Å². The van der Waals surface area contributed by atoms with Gasteiger partial charge in [0.25, 0.3) is 0 Å². The fourth-order valence-corrected chi connectivity index (χ4v) is 3.86. The highest BCUT2D eigenvalue weighted by molar-refractivity contribution is 6.56. The van der Waals surface area contributed by atoms with E-state index in [1.54, 1.807) is 0 Å². The number of rotatable bonds is 27. The van der Waals surface area contributed by atoms with Gasteiger partial charge in [-0.2, -0.15) is 0 Å². The lowest BCUT2D eigenvalue weighted by Crippen LogP contribution is -2.34. The number of hydrogen-bond donors (Lipinski definition) is 6. The first-order valence-corrected chi connectivity index (χ1v) is 15.0. The van der Waals surface area contributed by atoms with E-state index in [1.165, 1.54) is 0 Å². The molecule has 9 nitrogen and oxygen atoms in total. The molecule has 33 heavy (non-hydrogen) atoms. The molecule has 0 saturated heterocycles. The Bertz CT molecular complexity index is 390. The van der Waals surface area contributed by atoms with Gasteiger partial charge in [0.15, 0.2) is 0 Å². The van der Waals surface area contributed by atoms with Gasteiger partial charge in [-0.05, 0) is 77.4 Å².